The molecule has 0 fully saturated rings. The van der Waals surface area contributed by atoms with Gasteiger partial charge >= 0.3 is 0 Å². The molecule has 0 aliphatic heterocycles. The van der Waals surface area contributed by atoms with E-state index in [1.165, 1.54) is 12.1 Å². The van der Waals surface area contributed by atoms with Crippen molar-refractivity contribution in [3.05, 3.63) is 75.8 Å². The Hall–Kier alpha value is -2.71. The van der Waals surface area contributed by atoms with Crippen molar-refractivity contribution in [3.8, 4) is 6.07 Å². The summed E-state index contributed by atoms with van der Waals surface area (Å²) in [6.45, 7) is 0.996. The summed E-state index contributed by atoms with van der Waals surface area (Å²) < 4.78 is 0. The highest BCUT2D eigenvalue weighted by atomic mass is 16.6. The molecule has 2 aromatic rings. The fourth-order valence-corrected chi connectivity index (χ4v) is 2.06. The smallest absolute Gasteiger partial charge is 0.269 e. The lowest BCUT2D eigenvalue weighted by atomic mass is 10.0. The minimum absolute atomic E-state index is 0.0780. The van der Waals surface area contributed by atoms with Crippen molar-refractivity contribution in [3.63, 3.8) is 0 Å². The molecular formula is C16H15N3O2. The molecule has 106 valence electrons. The first-order valence-corrected chi connectivity index (χ1v) is 6.59. The number of hydrogen-bond donors (Lipinski definition) is 1. The van der Waals surface area contributed by atoms with Gasteiger partial charge in [0.05, 0.1) is 16.9 Å². The maximum Gasteiger partial charge on any atom is 0.269 e. The van der Waals surface area contributed by atoms with Crippen LogP contribution in [0.4, 0.5) is 5.69 Å². The lowest BCUT2D eigenvalue weighted by Crippen LogP contribution is -2.20. The minimum atomic E-state index is -0.411. The van der Waals surface area contributed by atoms with E-state index in [1.54, 1.807) is 6.07 Å². The van der Waals surface area contributed by atoms with Gasteiger partial charge in [-0.2, -0.15) is 5.26 Å². The summed E-state index contributed by atoms with van der Waals surface area (Å²) in [6.07, 6.45) is 0. The van der Waals surface area contributed by atoms with E-state index in [0.29, 0.717) is 13.1 Å². The number of nitrogens with zero attached hydrogens (tertiary/aromatic N) is 2. The molecule has 0 aromatic heterocycles. The molecule has 0 heterocycles. The first kappa shape index (κ1) is 14.7. The van der Waals surface area contributed by atoms with Crippen LogP contribution in [-0.2, 0) is 6.54 Å². The molecule has 2 rings (SSSR count). The predicted molar refractivity (Wildman–Crippen MR) is 79.6 cm³/mol. The summed E-state index contributed by atoms with van der Waals surface area (Å²) in [5.41, 5.74) is 1.87. The van der Waals surface area contributed by atoms with Crippen LogP contribution in [0.2, 0.25) is 0 Å². The lowest BCUT2D eigenvalue weighted by Gasteiger charge is -2.10. The van der Waals surface area contributed by atoms with Crippen molar-refractivity contribution in [2.45, 2.75) is 12.5 Å². The molecule has 1 atom stereocenters. The molecule has 0 aliphatic rings. The summed E-state index contributed by atoms with van der Waals surface area (Å²) in [7, 11) is 0. The second kappa shape index (κ2) is 7.17. The quantitative estimate of drug-likeness (QED) is 0.652. The summed E-state index contributed by atoms with van der Waals surface area (Å²) >= 11 is 0. The minimum Gasteiger partial charge on any atom is -0.311 e. The van der Waals surface area contributed by atoms with Gasteiger partial charge in [-0.1, -0.05) is 42.5 Å². The second-order valence-corrected chi connectivity index (χ2v) is 4.65. The Morgan fingerprint density at radius 3 is 2.62 bits per heavy atom. The topological polar surface area (TPSA) is 79.0 Å². The Labute approximate surface area is 123 Å². The highest BCUT2D eigenvalue weighted by molar-refractivity contribution is 5.34. The van der Waals surface area contributed by atoms with Crippen LogP contribution in [0.5, 0.6) is 0 Å². The van der Waals surface area contributed by atoms with Crippen molar-refractivity contribution in [1.82, 2.24) is 5.32 Å². The van der Waals surface area contributed by atoms with E-state index in [0.717, 1.165) is 11.1 Å². The van der Waals surface area contributed by atoms with Crippen LogP contribution < -0.4 is 5.32 Å². The fraction of sp³-hybridized carbons (Fsp3) is 0.188. The monoisotopic (exact) mass is 281 g/mol. The zero-order valence-electron chi connectivity index (χ0n) is 11.4. The predicted octanol–water partition coefficient (Wildman–Crippen LogP) is 2.99. The number of rotatable bonds is 6. The van der Waals surface area contributed by atoms with E-state index < -0.39 is 4.92 Å². The van der Waals surface area contributed by atoms with Gasteiger partial charge in [0.1, 0.15) is 0 Å². The van der Waals surface area contributed by atoms with E-state index in [2.05, 4.69) is 11.4 Å². The molecule has 1 unspecified atom stereocenters. The Balaban J connectivity index is 1.93. The SMILES string of the molecule is N#CC(CNCc1cccc([N+](=O)[O-])c1)c1ccccc1. The fourth-order valence-electron chi connectivity index (χ4n) is 2.06. The van der Waals surface area contributed by atoms with Crippen molar-refractivity contribution in [1.29, 1.82) is 5.26 Å². The number of nitriles is 1. The number of nitrogens with one attached hydrogen (secondary N) is 1. The van der Waals surface area contributed by atoms with E-state index in [-0.39, 0.29) is 11.6 Å². The van der Waals surface area contributed by atoms with Crippen LogP contribution in [0.15, 0.2) is 54.6 Å². The van der Waals surface area contributed by atoms with E-state index >= 15 is 0 Å². The van der Waals surface area contributed by atoms with E-state index in [4.69, 9.17) is 0 Å². The highest BCUT2D eigenvalue weighted by Crippen LogP contribution is 2.15. The number of hydrogen-bond acceptors (Lipinski definition) is 4. The van der Waals surface area contributed by atoms with Crippen LogP contribution in [0.1, 0.15) is 17.0 Å². The van der Waals surface area contributed by atoms with Crippen molar-refractivity contribution < 1.29 is 4.92 Å². The first-order valence-electron chi connectivity index (χ1n) is 6.59. The molecule has 5 nitrogen and oxygen atoms in total. The normalized spacial score (nSPS) is 11.6. The summed E-state index contributed by atoms with van der Waals surface area (Å²) in [5, 5.41) is 23.1. The molecule has 0 aliphatic carbocycles. The zero-order valence-corrected chi connectivity index (χ0v) is 11.4. The van der Waals surface area contributed by atoms with Crippen molar-refractivity contribution in [2.75, 3.05) is 6.54 Å². The Morgan fingerprint density at radius 2 is 1.95 bits per heavy atom. The molecule has 0 saturated carbocycles. The average Bonchev–Trinajstić information content (AvgIpc) is 2.53. The zero-order chi connectivity index (χ0) is 15.1. The van der Waals surface area contributed by atoms with Gasteiger partial charge < -0.3 is 5.32 Å². The standard InChI is InChI=1S/C16H15N3O2/c17-10-15(14-6-2-1-3-7-14)12-18-11-13-5-4-8-16(9-13)19(20)21/h1-9,15,18H,11-12H2. The van der Waals surface area contributed by atoms with Gasteiger partial charge in [-0.3, -0.25) is 10.1 Å². The Bertz CT molecular complexity index is 650. The van der Waals surface area contributed by atoms with Gasteiger partial charge in [0.15, 0.2) is 0 Å². The van der Waals surface area contributed by atoms with Gasteiger partial charge in [0, 0.05) is 25.2 Å². The maximum absolute atomic E-state index is 10.7. The lowest BCUT2D eigenvalue weighted by molar-refractivity contribution is -0.384. The molecular weight excluding hydrogens is 266 g/mol. The first-order chi connectivity index (χ1) is 10.2. The van der Waals surface area contributed by atoms with Gasteiger partial charge in [0.25, 0.3) is 5.69 Å². The third-order valence-electron chi connectivity index (χ3n) is 3.16. The molecule has 0 spiro atoms. The third kappa shape index (κ3) is 4.13. The number of nitro benzene ring substituents is 1. The molecule has 21 heavy (non-hydrogen) atoms. The maximum atomic E-state index is 10.7. The van der Waals surface area contributed by atoms with E-state index in [9.17, 15) is 15.4 Å². The van der Waals surface area contributed by atoms with Gasteiger partial charge in [-0.25, -0.2) is 0 Å². The number of benzene rings is 2. The van der Waals surface area contributed by atoms with Crippen LogP contribution in [0, 0.1) is 21.4 Å². The largest absolute Gasteiger partial charge is 0.311 e. The molecule has 0 radical (unpaired) electrons. The molecule has 0 saturated heterocycles. The molecule has 5 heteroatoms. The second-order valence-electron chi connectivity index (χ2n) is 4.65. The van der Waals surface area contributed by atoms with Crippen molar-refractivity contribution in [2.24, 2.45) is 0 Å². The van der Waals surface area contributed by atoms with Crippen LogP contribution in [0.3, 0.4) is 0 Å². The number of nitro groups is 1. The Kier molecular flexibility index (Phi) is 5.02. The molecule has 1 N–H and O–H groups in total. The molecule has 0 bridgehead atoms. The Morgan fingerprint density at radius 1 is 1.19 bits per heavy atom. The number of non-ortho nitro benzene ring substituents is 1. The average molecular weight is 281 g/mol. The molecule has 0 amide bonds. The van der Waals surface area contributed by atoms with Gasteiger partial charge in [-0.05, 0) is 11.1 Å². The third-order valence-corrected chi connectivity index (χ3v) is 3.16. The molecule has 2 aromatic carbocycles. The van der Waals surface area contributed by atoms with Gasteiger partial charge in [0.2, 0.25) is 0 Å². The highest BCUT2D eigenvalue weighted by Gasteiger charge is 2.10. The summed E-state index contributed by atoms with van der Waals surface area (Å²) in [4.78, 5) is 10.3. The van der Waals surface area contributed by atoms with Crippen LogP contribution >= 0.6 is 0 Å². The van der Waals surface area contributed by atoms with Crippen molar-refractivity contribution >= 4 is 5.69 Å². The van der Waals surface area contributed by atoms with E-state index in [1.807, 2.05) is 36.4 Å². The van der Waals surface area contributed by atoms with Gasteiger partial charge in [-0.15, -0.1) is 0 Å². The summed E-state index contributed by atoms with van der Waals surface area (Å²) in [6, 6.07) is 18.3. The van der Waals surface area contributed by atoms with Crippen LogP contribution in [-0.4, -0.2) is 11.5 Å². The van der Waals surface area contributed by atoms with Crippen LogP contribution in [0.25, 0.3) is 0 Å². The summed E-state index contributed by atoms with van der Waals surface area (Å²) in [5.74, 6) is -0.232.